The zero-order valence-corrected chi connectivity index (χ0v) is 46.6. The molecule has 2 rings (SSSR count). The van der Waals surface area contributed by atoms with Gasteiger partial charge in [-0.2, -0.15) is 0 Å². The van der Waals surface area contributed by atoms with Crippen molar-refractivity contribution in [2.45, 2.75) is 224 Å². The van der Waals surface area contributed by atoms with Gasteiger partial charge in [0, 0.05) is 55.7 Å². The minimum atomic E-state index is -0.864. The minimum Gasteiger partial charge on any atom is -0.460 e. The molecule has 0 fully saturated rings. The molecular weight excluding hydrogens is 869 g/mol. The van der Waals surface area contributed by atoms with Crippen LogP contribution in [-0.2, 0) is 49.3 Å². The van der Waals surface area contributed by atoms with Gasteiger partial charge >= 0.3 is 11.9 Å². The molecule has 2 N–H and O–H groups in total. The first-order valence-corrected chi connectivity index (χ1v) is 25.9. The van der Waals surface area contributed by atoms with Crippen LogP contribution in [0, 0.1) is 21.7 Å². The van der Waals surface area contributed by atoms with Gasteiger partial charge in [-0.1, -0.05) is 86.1 Å². The number of esters is 2. The van der Waals surface area contributed by atoms with Gasteiger partial charge in [-0.3, -0.25) is 19.2 Å². The number of unbranched alkanes of at least 4 members (excludes halogenated alkanes) is 2. The van der Waals surface area contributed by atoms with Gasteiger partial charge in [0.2, 0.25) is 11.8 Å². The highest BCUT2D eigenvalue weighted by Gasteiger charge is 2.48. The van der Waals surface area contributed by atoms with Crippen molar-refractivity contribution in [3.05, 3.63) is 59.7 Å². The Morgan fingerprint density at radius 1 is 0.478 bits per heavy atom. The van der Waals surface area contributed by atoms with Crippen LogP contribution in [-0.4, -0.2) is 72.6 Å². The summed E-state index contributed by atoms with van der Waals surface area (Å²) in [5.41, 5.74) is 0.132. The lowest BCUT2D eigenvalue weighted by molar-refractivity contribution is -0.159. The Labute approximate surface area is 419 Å². The van der Waals surface area contributed by atoms with Crippen LogP contribution in [0.4, 0.5) is 11.4 Å². The highest BCUT2D eigenvalue weighted by Crippen LogP contribution is 2.50. The summed E-state index contributed by atoms with van der Waals surface area (Å²) >= 11 is 0. The maximum absolute atomic E-state index is 13.6. The number of carbonyl (C=O) groups is 4. The molecular formula is C58H96N2O9. The first-order valence-electron chi connectivity index (χ1n) is 25.9. The summed E-state index contributed by atoms with van der Waals surface area (Å²) in [5.74, 6) is -0.600. The molecule has 0 aliphatic heterocycles. The van der Waals surface area contributed by atoms with E-state index in [9.17, 15) is 19.2 Å². The Hall–Kier alpha value is -3.80. The van der Waals surface area contributed by atoms with E-state index >= 15 is 0 Å². The number of hydrogen-bond donors (Lipinski definition) is 2. The molecule has 0 saturated carbocycles. The summed E-state index contributed by atoms with van der Waals surface area (Å²) in [4.78, 5) is 51.8. The van der Waals surface area contributed by atoms with Crippen molar-refractivity contribution in [1.29, 1.82) is 0 Å². The number of carbonyl (C=O) groups excluding carboxylic acids is 4. The fraction of sp³-hybridized carbons (Fsp3) is 0.724. The maximum Gasteiger partial charge on any atom is 0.306 e. The number of nitrogens with one attached hydrogen (secondary N) is 2. The molecule has 11 nitrogen and oxygen atoms in total. The fourth-order valence-corrected chi connectivity index (χ4v) is 7.64. The molecule has 392 valence electrons. The Morgan fingerprint density at radius 2 is 0.870 bits per heavy atom. The Bertz CT molecular complexity index is 1900. The molecule has 0 heterocycles. The van der Waals surface area contributed by atoms with Crippen LogP contribution in [0.3, 0.4) is 0 Å². The van der Waals surface area contributed by atoms with Gasteiger partial charge in [-0.15, -0.1) is 0 Å². The van der Waals surface area contributed by atoms with Gasteiger partial charge in [0.05, 0.1) is 29.8 Å². The third-order valence-electron chi connectivity index (χ3n) is 16.0. The van der Waals surface area contributed by atoms with E-state index in [1.807, 2.05) is 125 Å². The average Bonchev–Trinajstić information content (AvgIpc) is 3.26. The summed E-state index contributed by atoms with van der Waals surface area (Å²) in [6.45, 7) is 38.7. The lowest BCUT2D eigenvalue weighted by Crippen LogP contribution is -2.50. The van der Waals surface area contributed by atoms with Gasteiger partial charge in [-0.05, 0) is 160 Å². The third-order valence-corrected chi connectivity index (χ3v) is 16.0. The van der Waals surface area contributed by atoms with E-state index < -0.39 is 22.2 Å². The second-order valence-electron chi connectivity index (χ2n) is 23.4. The SMILES string of the molecule is CCC(C)(CC)C(=O)Nc1ccc(Cc2ccc(NC(=O)C(C)(C)C(C)(C)OCCCCC(=O)OC(C)(C)CCOCCC(C)(C)OC(=O)CCCCOC(C)(C)C(C)(C)C(C)(C)CC)cc2)cc1. The van der Waals surface area contributed by atoms with E-state index in [1.165, 1.54) is 0 Å². The van der Waals surface area contributed by atoms with E-state index in [4.69, 9.17) is 23.7 Å². The maximum atomic E-state index is 13.6. The molecule has 2 amide bonds. The molecule has 0 radical (unpaired) electrons. The number of anilines is 2. The first-order chi connectivity index (χ1) is 31.8. The third kappa shape index (κ3) is 19.0. The molecule has 2 aromatic carbocycles. The van der Waals surface area contributed by atoms with Crippen molar-refractivity contribution in [2.24, 2.45) is 21.7 Å². The van der Waals surface area contributed by atoms with Crippen molar-refractivity contribution < 1.29 is 42.9 Å². The number of rotatable bonds is 32. The molecule has 0 aliphatic carbocycles. The van der Waals surface area contributed by atoms with Crippen molar-refractivity contribution in [2.75, 3.05) is 37.1 Å². The summed E-state index contributed by atoms with van der Waals surface area (Å²) < 4.78 is 30.1. The van der Waals surface area contributed by atoms with Crippen LogP contribution in [0.25, 0.3) is 0 Å². The molecule has 0 bridgehead atoms. The smallest absolute Gasteiger partial charge is 0.306 e. The summed E-state index contributed by atoms with van der Waals surface area (Å²) in [6, 6.07) is 15.8. The van der Waals surface area contributed by atoms with Crippen LogP contribution < -0.4 is 10.6 Å². The van der Waals surface area contributed by atoms with Gasteiger partial charge in [0.1, 0.15) is 11.2 Å². The van der Waals surface area contributed by atoms with Gasteiger partial charge in [-0.25, -0.2) is 0 Å². The van der Waals surface area contributed by atoms with E-state index in [0.717, 1.165) is 48.9 Å². The predicted octanol–water partition coefficient (Wildman–Crippen LogP) is 13.8. The van der Waals surface area contributed by atoms with Gasteiger partial charge in [0.25, 0.3) is 0 Å². The van der Waals surface area contributed by atoms with Gasteiger partial charge < -0.3 is 34.3 Å². The second kappa shape index (κ2) is 26.1. The fourth-order valence-electron chi connectivity index (χ4n) is 7.64. The molecule has 0 aliphatic rings. The van der Waals surface area contributed by atoms with E-state index in [2.05, 4.69) is 59.1 Å². The standard InChI is InChI=1S/C58H96N2O9/c1-19-51(4,5)55(12,13)57(16,17)67-39-25-23-27-48(62)69-53(8,9)37-41-65-40-36-52(6,7)68-47(61)26-22-24-38-66-56(14,15)54(10,11)49(63)59-45-32-28-43(29-33-45)42-44-30-34-46(35-31-44)60-50(64)58(18,20-2)21-3/h28-35H,19-27,36-42H2,1-18H3,(H,59,63)(H,60,64). The number of ether oxygens (including phenoxy) is 5. The molecule has 69 heavy (non-hydrogen) atoms. The number of amides is 2. The Kier molecular flexibility index (Phi) is 23.2. The van der Waals surface area contributed by atoms with E-state index in [0.29, 0.717) is 70.6 Å². The first kappa shape index (κ1) is 61.3. The van der Waals surface area contributed by atoms with E-state index in [-0.39, 0.29) is 52.0 Å². The number of hydrogen-bond acceptors (Lipinski definition) is 9. The van der Waals surface area contributed by atoms with Crippen molar-refractivity contribution in [3.8, 4) is 0 Å². The predicted molar refractivity (Wildman–Crippen MR) is 281 cm³/mol. The lowest BCUT2D eigenvalue weighted by atomic mass is 9.59. The highest BCUT2D eigenvalue weighted by molar-refractivity contribution is 5.96. The molecule has 11 heteroatoms. The number of benzene rings is 2. The molecule has 0 spiro atoms. The normalized spacial score (nSPS) is 13.2. The zero-order chi connectivity index (χ0) is 52.5. The van der Waals surface area contributed by atoms with Crippen LogP contribution in [0.1, 0.15) is 206 Å². The van der Waals surface area contributed by atoms with Crippen LogP contribution >= 0.6 is 0 Å². The summed E-state index contributed by atoms with van der Waals surface area (Å²) in [7, 11) is 0. The monoisotopic (exact) mass is 965 g/mol. The molecule has 0 aromatic heterocycles. The van der Waals surface area contributed by atoms with E-state index in [1.54, 1.807) is 0 Å². The Balaban J connectivity index is 1.67. The average molecular weight is 965 g/mol. The summed E-state index contributed by atoms with van der Waals surface area (Å²) in [5, 5.41) is 6.13. The molecule has 0 saturated heterocycles. The lowest BCUT2D eigenvalue weighted by Gasteiger charge is -2.51. The zero-order valence-electron chi connectivity index (χ0n) is 46.6. The summed E-state index contributed by atoms with van der Waals surface area (Å²) in [6.07, 6.45) is 7.76. The van der Waals surface area contributed by atoms with Crippen LogP contribution in [0.15, 0.2) is 48.5 Å². The quantitative estimate of drug-likeness (QED) is 0.0542. The van der Waals surface area contributed by atoms with Crippen molar-refractivity contribution in [1.82, 2.24) is 0 Å². The van der Waals surface area contributed by atoms with Crippen molar-refractivity contribution >= 4 is 35.1 Å². The minimum absolute atomic E-state index is 0.0241. The molecule has 0 unspecified atom stereocenters. The highest BCUT2D eigenvalue weighted by atomic mass is 16.6. The largest absolute Gasteiger partial charge is 0.460 e. The molecule has 0 atom stereocenters. The molecule has 2 aromatic rings. The Morgan fingerprint density at radius 3 is 1.26 bits per heavy atom. The van der Waals surface area contributed by atoms with Gasteiger partial charge in [0.15, 0.2) is 0 Å². The van der Waals surface area contributed by atoms with Crippen LogP contribution in [0.2, 0.25) is 0 Å². The van der Waals surface area contributed by atoms with Crippen LogP contribution in [0.5, 0.6) is 0 Å². The van der Waals surface area contributed by atoms with Crippen molar-refractivity contribution in [3.63, 3.8) is 0 Å². The topological polar surface area (TPSA) is 138 Å². The second-order valence-corrected chi connectivity index (χ2v) is 23.4.